The summed E-state index contributed by atoms with van der Waals surface area (Å²) in [6.45, 7) is 8.73. The van der Waals surface area contributed by atoms with E-state index in [2.05, 4.69) is 4.98 Å². The molecule has 1 amide bonds. The molecule has 1 aromatic carbocycles. The van der Waals surface area contributed by atoms with Crippen molar-refractivity contribution in [2.24, 2.45) is 5.92 Å². The third kappa shape index (κ3) is 5.56. The van der Waals surface area contributed by atoms with E-state index < -0.39 is 21.4 Å². The molecule has 0 bridgehead atoms. The SMILES string of the molecule is CC(C)C(=O)N(Cc1cnc(S(=O)(=O)Cc2ccccc2F)n1CC1CCCO1)C(C)C. The Morgan fingerprint density at radius 3 is 2.59 bits per heavy atom. The van der Waals surface area contributed by atoms with Crippen molar-refractivity contribution in [1.29, 1.82) is 0 Å². The number of ether oxygens (including phenoxy) is 1. The third-order valence-corrected chi connectivity index (χ3v) is 7.20. The molecule has 1 fully saturated rings. The Morgan fingerprint density at radius 1 is 1.28 bits per heavy atom. The van der Waals surface area contributed by atoms with Crippen molar-refractivity contribution in [3.63, 3.8) is 0 Å². The van der Waals surface area contributed by atoms with Gasteiger partial charge in [0.1, 0.15) is 5.82 Å². The number of hydrogen-bond donors (Lipinski definition) is 0. The number of rotatable bonds is 9. The highest BCUT2D eigenvalue weighted by Crippen LogP contribution is 2.24. The largest absolute Gasteiger partial charge is 0.376 e. The van der Waals surface area contributed by atoms with Gasteiger partial charge in [-0.2, -0.15) is 0 Å². The molecule has 1 atom stereocenters. The van der Waals surface area contributed by atoms with E-state index in [1.807, 2.05) is 27.7 Å². The highest BCUT2D eigenvalue weighted by molar-refractivity contribution is 7.90. The van der Waals surface area contributed by atoms with Crippen molar-refractivity contribution in [1.82, 2.24) is 14.5 Å². The van der Waals surface area contributed by atoms with Crippen molar-refractivity contribution in [2.75, 3.05) is 6.61 Å². The Morgan fingerprint density at radius 2 is 2.00 bits per heavy atom. The molecule has 1 unspecified atom stereocenters. The molecule has 1 aromatic heterocycles. The van der Waals surface area contributed by atoms with Crippen molar-refractivity contribution in [2.45, 2.75) is 76.7 Å². The van der Waals surface area contributed by atoms with Crippen LogP contribution >= 0.6 is 0 Å². The lowest BCUT2D eigenvalue weighted by Gasteiger charge is -2.29. The van der Waals surface area contributed by atoms with Gasteiger partial charge in [0.15, 0.2) is 0 Å². The summed E-state index contributed by atoms with van der Waals surface area (Å²) in [5.41, 5.74) is 0.717. The smallest absolute Gasteiger partial charge is 0.228 e. The lowest BCUT2D eigenvalue weighted by atomic mass is 10.1. The first-order chi connectivity index (χ1) is 15.1. The highest BCUT2D eigenvalue weighted by Gasteiger charge is 2.29. The minimum atomic E-state index is -3.93. The van der Waals surface area contributed by atoms with Crippen LogP contribution in [0.5, 0.6) is 0 Å². The molecule has 0 spiro atoms. The molecule has 9 heteroatoms. The van der Waals surface area contributed by atoms with Crippen molar-refractivity contribution < 1.29 is 22.3 Å². The molecule has 0 radical (unpaired) electrons. The summed E-state index contributed by atoms with van der Waals surface area (Å²) < 4.78 is 48.0. The zero-order chi connectivity index (χ0) is 23.5. The van der Waals surface area contributed by atoms with Crippen LogP contribution in [-0.2, 0) is 38.2 Å². The van der Waals surface area contributed by atoms with E-state index in [-0.39, 0.29) is 41.2 Å². The van der Waals surface area contributed by atoms with Gasteiger partial charge in [0.25, 0.3) is 0 Å². The number of nitrogens with zero attached hydrogens (tertiary/aromatic N) is 3. The first-order valence-electron chi connectivity index (χ1n) is 11.0. The fourth-order valence-corrected chi connectivity index (χ4v) is 5.37. The Hall–Kier alpha value is -2.26. The van der Waals surface area contributed by atoms with Crippen molar-refractivity contribution in [3.05, 3.63) is 47.5 Å². The minimum Gasteiger partial charge on any atom is -0.376 e. The summed E-state index contributed by atoms with van der Waals surface area (Å²) in [6, 6.07) is 5.77. The molecule has 1 aliphatic rings. The van der Waals surface area contributed by atoms with Crippen LogP contribution in [-0.4, -0.2) is 47.5 Å². The average molecular weight is 466 g/mol. The van der Waals surface area contributed by atoms with Gasteiger partial charge in [0.2, 0.25) is 20.9 Å². The summed E-state index contributed by atoms with van der Waals surface area (Å²) in [5, 5.41) is -0.119. The standard InChI is InChI=1S/C23H32FN3O4S/c1-16(2)22(28)26(17(3)4)13-19-12-25-23(27(19)14-20-9-7-11-31-20)32(29,30)15-18-8-5-6-10-21(18)24/h5-6,8,10,12,16-17,20H,7,9,11,13-15H2,1-4H3. The normalized spacial score (nSPS) is 16.8. The summed E-state index contributed by atoms with van der Waals surface area (Å²) >= 11 is 0. The number of amides is 1. The summed E-state index contributed by atoms with van der Waals surface area (Å²) in [6.07, 6.45) is 3.12. The lowest BCUT2D eigenvalue weighted by molar-refractivity contribution is -0.137. The molecule has 32 heavy (non-hydrogen) atoms. The predicted molar refractivity (Wildman–Crippen MR) is 119 cm³/mol. The Bertz CT molecular complexity index is 1040. The van der Waals surface area contributed by atoms with Crippen LogP contribution in [0.25, 0.3) is 0 Å². The number of carbonyl (C=O) groups is 1. The Labute approximate surface area is 189 Å². The maximum atomic E-state index is 14.1. The van der Waals surface area contributed by atoms with Gasteiger partial charge in [-0.25, -0.2) is 17.8 Å². The second kappa shape index (κ2) is 10.1. The molecule has 0 saturated carbocycles. The van der Waals surface area contributed by atoms with Gasteiger partial charge in [-0.05, 0) is 32.8 Å². The molecule has 2 aromatic rings. The van der Waals surface area contributed by atoms with Gasteiger partial charge in [-0.15, -0.1) is 0 Å². The molecule has 176 valence electrons. The fourth-order valence-electron chi connectivity index (χ4n) is 3.86. The second-order valence-electron chi connectivity index (χ2n) is 8.84. The number of halogens is 1. The average Bonchev–Trinajstić information content (AvgIpc) is 3.37. The molecule has 0 aliphatic carbocycles. The van der Waals surface area contributed by atoms with E-state index in [0.717, 1.165) is 12.8 Å². The van der Waals surface area contributed by atoms with Crippen molar-refractivity contribution >= 4 is 15.7 Å². The van der Waals surface area contributed by atoms with Gasteiger partial charge in [-0.1, -0.05) is 32.0 Å². The van der Waals surface area contributed by atoms with Gasteiger partial charge in [0.05, 0.1) is 36.8 Å². The lowest BCUT2D eigenvalue weighted by Crippen LogP contribution is -2.39. The van der Waals surface area contributed by atoms with Crippen LogP contribution in [0.4, 0.5) is 4.39 Å². The van der Waals surface area contributed by atoms with Gasteiger partial charge in [0, 0.05) is 24.1 Å². The molecule has 1 aliphatic heterocycles. The molecule has 7 nitrogen and oxygen atoms in total. The van der Waals surface area contributed by atoms with Gasteiger partial charge < -0.3 is 14.2 Å². The minimum absolute atomic E-state index is 0.0133. The highest BCUT2D eigenvalue weighted by atomic mass is 32.2. The molecule has 1 saturated heterocycles. The summed E-state index contributed by atoms with van der Waals surface area (Å²) in [7, 11) is -3.93. The molecular weight excluding hydrogens is 433 g/mol. The van der Waals surface area contributed by atoms with Crippen LogP contribution in [0.3, 0.4) is 0 Å². The van der Waals surface area contributed by atoms with E-state index in [1.165, 1.54) is 24.4 Å². The van der Waals surface area contributed by atoms with E-state index in [4.69, 9.17) is 4.74 Å². The monoisotopic (exact) mass is 465 g/mol. The quantitative estimate of drug-likeness (QED) is 0.566. The van der Waals surface area contributed by atoms with Crippen LogP contribution in [0.15, 0.2) is 35.6 Å². The van der Waals surface area contributed by atoms with Gasteiger partial charge >= 0.3 is 0 Å². The first kappa shape index (κ1) is 24.4. The van der Waals surface area contributed by atoms with E-state index >= 15 is 0 Å². The number of benzene rings is 1. The second-order valence-corrected chi connectivity index (χ2v) is 10.7. The van der Waals surface area contributed by atoms with E-state index in [0.29, 0.717) is 18.8 Å². The Kier molecular flexibility index (Phi) is 7.71. The maximum absolute atomic E-state index is 14.1. The van der Waals surface area contributed by atoms with Crippen LogP contribution in [0, 0.1) is 11.7 Å². The number of carbonyl (C=O) groups excluding carboxylic acids is 1. The van der Waals surface area contributed by atoms with Crippen molar-refractivity contribution in [3.8, 4) is 0 Å². The maximum Gasteiger partial charge on any atom is 0.228 e. The molecule has 2 heterocycles. The zero-order valence-electron chi connectivity index (χ0n) is 19.1. The van der Waals surface area contributed by atoms with Crippen LogP contribution in [0.1, 0.15) is 51.8 Å². The number of imidazole rings is 1. The third-order valence-electron chi connectivity index (χ3n) is 5.63. The number of aromatic nitrogens is 2. The number of sulfone groups is 1. The molecular formula is C23H32FN3O4S. The first-order valence-corrected chi connectivity index (χ1v) is 12.7. The molecule has 0 N–H and O–H groups in total. The van der Waals surface area contributed by atoms with Crippen LogP contribution < -0.4 is 0 Å². The van der Waals surface area contributed by atoms with E-state index in [9.17, 15) is 17.6 Å². The molecule has 3 rings (SSSR count). The number of hydrogen-bond acceptors (Lipinski definition) is 5. The summed E-state index contributed by atoms with van der Waals surface area (Å²) in [4.78, 5) is 18.7. The zero-order valence-corrected chi connectivity index (χ0v) is 19.9. The van der Waals surface area contributed by atoms with Gasteiger partial charge in [-0.3, -0.25) is 4.79 Å². The van der Waals surface area contributed by atoms with Crippen LogP contribution in [0.2, 0.25) is 0 Å². The fraction of sp³-hybridized carbons (Fsp3) is 0.565. The van der Waals surface area contributed by atoms with E-state index in [1.54, 1.807) is 15.5 Å². The topological polar surface area (TPSA) is 81.5 Å². The predicted octanol–water partition coefficient (Wildman–Crippen LogP) is 3.57. The Balaban J connectivity index is 1.98. The summed E-state index contributed by atoms with van der Waals surface area (Å²) in [5.74, 6) is -1.25.